The Labute approximate surface area is 108 Å². The first-order valence-electron chi connectivity index (χ1n) is 6.99. The van der Waals surface area contributed by atoms with Crippen molar-refractivity contribution in [2.75, 3.05) is 0 Å². The SMILES string of the molecule is CC1CCCC1C(=O)NC1CCCC1(C)C(=O)O. The summed E-state index contributed by atoms with van der Waals surface area (Å²) in [5, 5.41) is 12.3. The third-order valence-corrected chi connectivity index (χ3v) is 4.96. The zero-order valence-electron chi connectivity index (χ0n) is 11.2. The average Bonchev–Trinajstić information content (AvgIpc) is 2.87. The van der Waals surface area contributed by atoms with E-state index in [0.717, 1.165) is 32.1 Å². The van der Waals surface area contributed by atoms with Crippen LogP contribution in [0.2, 0.25) is 0 Å². The standard InChI is InChI=1S/C14H23NO3/c1-9-5-3-6-10(9)12(16)15-11-7-4-8-14(11,2)13(17)18/h9-11H,3-8H2,1-2H3,(H,15,16)(H,17,18). The van der Waals surface area contributed by atoms with Crippen LogP contribution in [-0.2, 0) is 9.59 Å². The molecule has 4 unspecified atom stereocenters. The monoisotopic (exact) mass is 253 g/mol. The lowest BCUT2D eigenvalue weighted by Crippen LogP contribution is -2.49. The summed E-state index contributed by atoms with van der Waals surface area (Å²) in [4.78, 5) is 23.6. The predicted octanol–water partition coefficient (Wildman–Crippen LogP) is 2.18. The normalized spacial score (nSPS) is 39.8. The Morgan fingerprint density at radius 1 is 1.22 bits per heavy atom. The van der Waals surface area contributed by atoms with E-state index >= 15 is 0 Å². The van der Waals surface area contributed by atoms with E-state index in [9.17, 15) is 14.7 Å². The Kier molecular flexibility index (Phi) is 3.64. The minimum Gasteiger partial charge on any atom is -0.481 e. The molecule has 102 valence electrons. The van der Waals surface area contributed by atoms with Crippen LogP contribution in [0.1, 0.15) is 52.4 Å². The molecular weight excluding hydrogens is 230 g/mol. The van der Waals surface area contributed by atoms with E-state index in [1.807, 2.05) is 0 Å². The maximum Gasteiger partial charge on any atom is 0.311 e. The second-order valence-electron chi connectivity index (χ2n) is 6.19. The van der Waals surface area contributed by atoms with Gasteiger partial charge in [0.05, 0.1) is 5.41 Å². The fourth-order valence-corrected chi connectivity index (χ4v) is 3.47. The second kappa shape index (κ2) is 4.90. The van der Waals surface area contributed by atoms with Gasteiger partial charge in [-0.2, -0.15) is 0 Å². The van der Waals surface area contributed by atoms with Crippen molar-refractivity contribution in [3.63, 3.8) is 0 Å². The van der Waals surface area contributed by atoms with E-state index in [1.54, 1.807) is 6.92 Å². The maximum absolute atomic E-state index is 12.2. The zero-order chi connectivity index (χ0) is 13.3. The summed E-state index contributed by atoms with van der Waals surface area (Å²) in [7, 11) is 0. The first-order valence-corrected chi connectivity index (χ1v) is 6.99. The summed E-state index contributed by atoms with van der Waals surface area (Å²) in [6, 6.07) is -0.199. The van der Waals surface area contributed by atoms with Crippen LogP contribution >= 0.6 is 0 Å². The fraction of sp³-hybridized carbons (Fsp3) is 0.857. The van der Waals surface area contributed by atoms with E-state index in [4.69, 9.17) is 0 Å². The van der Waals surface area contributed by atoms with Gasteiger partial charge in [0.2, 0.25) is 5.91 Å². The number of carboxylic acids is 1. The Hall–Kier alpha value is -1.06. The number of rotatable bonds is 3. The van der Waals surface area contributed by atoms with Crippen molar-refractivity contribution in [2.45, 2.75) is 58.4 Å². The summed E-state index contributed by atoms with van der Waals surface area (Å²) in [5.41, 5.74) is -0.780. The quantitative estimate of drug-likeness (QED) is 0.810. The van der Waals surface area contributed by atoms with E-state index in [-0.39, 0.29) is 17.9 Å². The van der Waals surface area contributed by atoms with Crippen LogP contribution in [0.25, 0.3) is 0 Å². The van der Waals surface area contributed by atoms with Gasteiger partial charge >= 0.3 is 5.97 Å². The first kappa shape index (κ1) is 13.4. The van der Waals surface area contributed by atoms with Crippen molar-refractivity contribution in [1.82, 2.24) is 5.32 Å². The number of carbonyl (C=O) groups is 2. The van der Waals surface area contributed by atoms with Crippen molar-refractivity contribution in [1.29, 1.82) is 0 Å². The molecule has 2 aliphatic rings. The summed E-state index contributed by atoms with van der Waals surface area (Å²) >= 11 is 0. The topological polar surface area (TPSA) is 66.4 Å². The van der Waals surface area contributed by atoms with Gasteiger partial charge in [0.15, 0.2) is 0 Å². The van der Waals surface area contributed by atoms with Gasteiger partial charge in [-0.15, -0.1) is 0 Å². The third kappa shape index (κ3) is 2.25. The van der Waals surface area contributed by atoms with E-state index in [2.05, 4.69) is 12.2 Å². The molecule has 2 rings (SSSR count). The number of amides is 1. The molecule has 4 heteroatoms. The average molecular weight is 253 g/mol. The van der Waals surface area contributed by atoms with Gasteiger partial charge in [0.1, 0.15) is 0 Å². The van der Waals surface area contributed by atoms with E-state index in [0.29, 0.717) is 12.3 Å². The lowest BCUT2D eigenvalue weighted by atomic mass is 9.84. The largest absolute Gasteiger partial charge is 0.481 e. The summed E-state index contributed by atoms with van der Waals surface area (Å²) in [6.45, 7) is 3.87. The van der Waals surface area contributed by atoms with E-state index < -0.39 is 11.4 Å². The molecule has 1 amide bonds. The number of hydrogen-bond acceptors (Lipinski definition) is 2. The van der Waals surface area contributed by atoms with Crippen molar-refractivity contribution < 1.29 is 14.7 Å². The highest BCUT2D eigenvalue weighted by Crippen LogP contribution is 2.39. The molecule has 0 heterocycles. The van der Waals surface area contributed by atoms with Crippen LogP contribution in [0.4, 0.5) is 0 Å². The molecule has 2 fully saturated rings. The van der Waals surface area contributed by atoms with Crippen LogP contribution in [0.3, 0.4) is 0 Å². The molecular formula is C14H23NO3. The molecule has 4 nitrogen and oxygen atoms in total. The molecule has 0 radical (unpaired) electrons. The minimum absolute atomic E-state index is 0.0689. The van der Waals surface area contributed by atoms with Gasteiger partial charge in [-0.05, 0) is 38.5 Å². The number of aliphatic carboxylic acids is 1. The molecule has 0 aromatic rings. The van der Waals surface area contributed by atoms with Crippen molar-refractivity contribution in [2.24, 2.45) is 17.3 Å². The molecule has 2 saturated carbocycles. The van der Waals surface area contributed by atoms with Gasteiger partial charge in [0, 0.05) is 12.0 Å². The van der Waals surface area contributed by atoms with Gasteiger partial charge in [-0.25, -0.2) is 0 Å². The minimum atomic E-state index is -0.787. The van der Waals surface area contributed by atoms with Crippen molar-refractivity contribution >= 4 is 11.9 Å². The zero-order valence-corrected chi connectivity index (χ0v) is 11.2. The molecule has 0 saturated heterocycles. The highest BCUT2D eigenvalue weighted by Gasteiger charge is 2.46. The van der Waals surface area contributed by atoms with Crippen LogP contribution in [0, 0.1) is 17.3 Å². The van der Waals surface area contributed by atoms with Crippen LogP contribution in [0.15, 0.2) is 0 Å². The Bertz CT molecular complexity index is 355. The summed E-state index contributed by atoms with van der Waals surface area (Å²) < 4.78 is 0. The molecule has 0 spiro atoms. The Morgan fingerprint density at radius 3 is 2.50 bits per heavy atom. The van der Waals surface area contributed by atoms with E-state index in [1.165, 1.54) is 0 Å². The second-order valence-corrected chi connectivity index (χ2v) is 6.19. The molecule has 0 aromatic carbocycles. The number of nitrogens with one attached hydrogen (secondary N) is 1. The molecule has 2 N–H and O–H groups in total. The Morgan fingerprint density at radius 2 is 1.94 bits per heavy atom. The number of hydrogen-bond donors (Lipinski definition) is 2. The van der Waals surface area contributed by atoms with Crippen LogP contribution in [0.5, 0.6) is 0 Å². The molecule has 0 bridgehead atoms. The maximum atomic E-state index is 12.2. The fourth-order valence-electron chi connectivity index (χ4n) is 3.47. The molecule has 4 atom stereocenters. The summed E-state index contributed by atoms with van der Waals surface area (Å²) in [5.74, 6) is -0.199. The molecule has 0 aromatic heterocycles. The van der Waals surface area contributed by atoms with Gasteiger partial charge in [0.25, 0.3) is 0 Å². The highest BCUT2D eigenvalue weighted by atomic mass is 16.4. The molecule has 18 heavy (non-hydrogen) atoms. The van der Waals surface area contributed by atoms with Gasteiger partial charge in [-0.1, -0.05) is 19.8 Å². The van der Waals surface area contributed by atoms with Crippen LogP contribution in [-0.4, -0.2) is 23.0 Å². The smallest absolute Gasteiger partial charge is 0.311 e. The van der Waals surface area contributed by atoms with Crippen molar-refractivity contribution in [3.8, 4) is 0 Å². The van der Waals surface area contributed by atoms with Crippen molar-refractivity contribution in [3.05, 3.63) is 0 Å². The number of carbonyl (C=O) groups excluding carboxylic acids is 1. The van der Waals surface area contributed by atoms with Crippen LogP contribution < -0.4 is 5.32 Å². The lowest BCUT2D eigenvalue weighted by Gasteiger charge is -2.29. The highest BCUT2D eigenvalue weighted by molar-refractivity contribution is 5.82. The number of carboxylic acid groups (broad SMARTS) is 1. The molecule has 0 aliphatic heterocycles. The molecule has 2 aliphatic carbocycles. The Balaban J connectivity index is 2.00. The first-order chi connectivity index (χ1) is 8.45. The van der Waals surface area contributed by atoms with Gasteiger partial charge < -0.3 is 10.4 Å². The lowest BCUT2D eigenvalue weighted by molar-refractivity contribution is -0.149. The third-order valence-electron chi connectivity index (χ3n) is 4.96. The predicted molar refractivity (Wildman–Crippen MR) is 68.0 cm³/mol. The summed E-state index contributed by atoms with van der Waals surface area (Å²) in [6.07, 6.45) is 5.50. The van der Waals surface area contributed by atoms with Gasteiger partial charge in [-0.3, -0.25) is 9.59 Å².